The van der Waals surface area contributed by atoms with Crippen LogP contribution in [-0.4, -0.2) is 35.1 Å². The van der Waals surface area contributed by atoms with Crippen molar-refractivity contribution in [3.8, 4) is 0 Å². The van der Waals surface area contributed by atoms with E-state index < -0.39 is 0 Å². The molecule has 20 heavy (non-hydrogen) atoms. The van der Waals surface area contributed by atoms with Crippen LogP contribution in [0.4, 0.5) is 0 Å². The van der Waals surface area contributed by atoms with Crippen molar-refractivity contribution in [2.45, 2.75) is 31.2 Å². The van der Waals surface area contributed by atoms with Crippen LogP contribution < -0.4 is 5.32 Å². The summed E-state index contributed by atoms with van der Waals surface area (Å²) in [5.74, 6) is 0.464. The number of nitrogens with zero attached hydrogens (tertiary/aromatic N) is 1. The van der Waals surface area contributed by atoms with Crippen LogP contribution in [0.25, 0.3) is 0 Å². The predicted octanol–water partition coefficient (Wildman–Crippen LogP) is 1.85. The number of amides is 2. The number of carbonyl (C=O) groups is 2. The molecular weight excluding hydrogens is 272 g/mol. The van der Waals surface area contributed by atoms with E-state index in [1.54, 1.807) is 16.7 Å². The monoisotopic (exact) mass is 290 g/mol. The predicted molar refractivity (Wildman–Crippen MR) is 79.3 cm³/mol. The molecule has 0 unspecified atom stereocenters. The van der Waals surface area contributed by atoms with Crippen molar-refractivity contribution in [1.82, 2.24) is 10.2 Å². The van der Waals surface area contributed by atoms with Crippen molar-refractivity contribution >= 4 is 23.6 Å². The lowest BCUT2D eigenvalue weighted by Crippen LogP contribution is -2.40. The molecule has 0 aromatic heterocycles. The molecule has 1 aromatic rings. The molecule has 1 aromatic carbocycles. The van der Waals surface area contributed by atoms with Crippen molar-refractivity contribution in [3.05, 3.63) is 35.4 Å². The fourth-order valence-corrected chi connectivity index (χ4v) is 3.68. The normalized spacial score (nSPS) is 22.1. The molecule has 0 spiro atoms. The summed E-state index contributed by atoms with van der Waals surface area (Å²) in [7, 11) is 0. The Balaban J connectivity index is 1.74. The highest BCUT2D eigenvalue weighted by Crippen LogP contribution is 2.39. The molecule has 1 heterocycles. The second kappa shape index (κ2) is 5.48. The van der Waals surface area contributed by atoms with Gasteiger partial charge in [-0.25, -0.2) is 0 Å². The number of rotatable bonds is 4. The molecule has 106 valence electrons. The van der Waals surface area contributed by atoms with Crippen molar-refractivity contribution < 1.29 is 9.59 Å². The van der Waals surface area contributed by atoms with E-state index in [9.17, 15) is 9.59 Å². The highest BCUT2D eigenvalue weighted by molar-refractivity contribution is 8.00. The first-order chi connectivity index (χ1) is 9.65. The van der Waals surface area contributed by atoms with Gasteiger partial charge in [-0.15, -0.1) is 11.8 Å². The number of benzene rings is 1. The maximum atomic E-state index is 12.0. The molecule has 1 atom stereocenters. The van der Waals surface area contributed by atoms with Crippen molar-refractivity contribution in [1.29, 1.82) is 0 Å². The van der Waals surface area contributed by atoms with E-state index in [1.165, 1.54) is 0 Å². The fraction of sp³-hybridized carbons (Fsp3) is 0.467. The van der Waals surface area contributed by atoms with Gasteiger partial charge >= 0.3 is 0 Å². The molecule has 1 N–H and O–H groups in total. The second-order valence-corrected chi connectivity index (χ2v) is 6.45. The SMILES string of the molecule is Cc1ccccc1[C@H]1SCC(=O)N1CC(=O)NC1CC1. The quantitative estimate of drug-likeness (QED) is 0.920. The summed E-state index contributed by atoms with van der Waals surface area (Å²) in [6.07, 6.45) is 2.13. The third-order valence-corrected chi connectivity index (χ3v) is 4.92. The van der Waals surface area contributed by atoms with Gasteiger partial charge in [-0.05, 0) is 30.9 Å². The third-order valence-electron chi connectivity index (χ3n) is 3.68. The first-order valence-electron chi connectivity index (χ1n) is 6.91. The second-order valence-electron chi connectivity index (χ2n) is 5.38. The minimum absolute atomic E-state index is 0.0337. The van der Waals surface area contributed by atoms with E-state index in [1.807, 2.05) is 31.2 Å². The van der Waals surface area contributed by atoms with Gasteiger partial charge in [0, 0.05) is 6.04 Å². The number of nitrogens with one attached hydrogen (secondary N) is 1. The standard InChI is InChI=1S/C15H18N2O2S/c1-10-4-2-3-5-12(10)15-17(14(19)9-20-15)8-13(18)16-11-6-7-11/h2-5,11,15H,6-9H2,1H3,(H,16,18)/t15-/m1/s1. The number of aryl methyl sites for hydroxylation is 1. The highest BCUT2D eigenvalue weighted by atomic mass is 32.2. The van der Waals surface area contributed by atoms with Gasteiger partial charge in [0.25, 0.3) is 0 Å². The summed E-state index contributed by atoms with van der Waals surface area (Å²) in [6.45, 7) is 2.21. The summed E-state index contributed by atoms with van der Waals surface area (Å²) in [5, 5.41) is 2.91. The van der Waals surface area contributed by atoms with Crippen LogP contribution >= 0.6 is 11.8 Å². The molecule has 1 saturated heterocycles. The molecule has 5 heteroatoms. The summed E-state index contributed by atoms with van der Waals surface area (Å²) in [4.78, 5) is 25.7. The molecule has 2 aliphatic rings. The van der Waals surface area contributed by atoms with Gasteiger partial charge in [0.05, 0.1) is 5.75 Å². The van der Waals surface area contributed by atoms with E-state index in [-0.39, 0.29) is 23.7 Å². The van der Waals surface area contributed by atoms with E-state index in [4.69, 9.17) is 0 Å². The maximum Gasteiger partial charge on any atom is 0.239 e. The van der Waals surface area contributed by atoms with Gasteiger partial charge in [-0.3, -0.25) is 9.59 Å². The van der Waals surface area contributed by atoms with Crippen LogP contribution in [0, 0.1) is 6.92 Å². The summed E-state index contributed by atoms with van der Waals surface area (Å²) in [5.41, 5.74) is 2.29. The molecule has 1 aliphatic heterocycles. The van der Waals surface area contributed by atoms with Crippen LogP contribution in [-0.2, 0) is 9.59 Å². The van der Waals surface area contributed by atoms with Gasteiger partial charge < -0.3 is 10.2 Å². The molecule has 4 nitrogen and oxygen atoms in total. The number of thioether (sulfide) groups is 1. The zero-order valence-corrected chi connectivity index (χ0v) is 12.3. The Labute approximate surface area is 122 Å². The topological polar surface area (TPSA) is 49.4 Å². The van der Waals surface area contributed by atoms with Gasteiger partial charge in [0.15, 0.2) is 0 Å². The lowest BCUT2D eigenvalue weighted by Gasteiger charge is -2.24. The van der Waals surface area contributed by atoms with E-state index in [2.05, 4.69) is 5.32 Å². The Morgan fingerprint density at radius 2 is 2.15 bits per heavy atom. The summed E-state index contributed by atoms with van der Waals surface area (Å²) >= 11 is 1.60. The van der Waals surface area contributed by atoms with Gasteiger partial charge in [0.2, 0.25) is 11.8 Å². The van der Waals surface area contributed by atoms with Gasteiger partial charge in [-0.1, -0.05) is 24.3 Å². The van der Waals surface area contributed by atoms with Gasteiger partial charge in [0.1, 0.15) is 11.9 Å². The molecule has 2 amide bonds. The van der Waals surface area contributed by atoms with E-state index >= 15 is 0 Å². The van der Waals surface area contributed by atoms with Crippen LogP contribution in [0.15, 0.2) is 24.3 Å². The van der Waals surface area contributed by atoms with Crippen LogP contribution in [0.5, 0.6) is 0 Å². The molecular formula is C15H18N2O2S. The Kier molecular flexibility index (Phi) is 3.70. The molecule has 1 aliphatic carbocycles. The molecule has 2 fully saturated rings. The smallest absolute Gasteiger partial charge is 0.239 e. The maximum absolute atomic E-state index is 12.0. The van der Waals surface area contributed by atoms with Crippen LogP contribution in [0.1, 0.15) is 29.3 Å². The number of hydrogen-bond donors (Lipinski definition) is 1. The number of carbonyl (C=O) groups excluding carboxylic acids is 2. The Morgan fingerprint density at radius 1 is 1.40 bits per heavy atom. The minimum atomic E-state index is -0.0399. The fourth-order valence-electron chi connectivity index (χ4n) is 2.40. The third kappa shape index (κ3) is 2.82. The van der Waals surface area contributed by atoms with Gasteiger partial charge in [-0.2, -0.15) is 0 Å². The Hall–Kier alpha value is -1.49. The largest absolute Gasteiger partial charge is 0.352 e. The van der Waals surface area contributed by atoms with Crippen molar-refractivity contribution in [2.24, 2.45) is 0 Å². The molecule has 3 rings (SSSR count). The first kappa shape index (κ1) is 13.5. The summed E-state index contributed by atoms with van der Waals surface area (Å²) < 4.78 is 0. The minimum Gasteiger partial charge on any atom is -0.352 e. The number of hydrogen-bond acceptors (Lipinski definition) is 3. The first-order valence-corrected chi connectivity index (χ1v) is 7.96. The average Bonchev–Trinajstić information content (AvgIpc) is 3.16. The zero-order valence-electron chi connectivity index (χ0n) is 11.5. The molecule has 1 saturated carbocycles. The van der Waals surface area contributed by atoms with Crippen LogP contribution in [0.3, 0.4) is 0 Å². The molecule has 0 bridgehead atoms. The van der Waals surface area contributed by atoms with Crippen molar-refractivity contribution in [3.63, 3.8) is 0 Å². The lowest BCUT2D eigenvalue weighted by molar-refractivity contribution is -0.133. The lowest BCUT2D eigenvalue weighted by atomic mass is 10.1. The molecule has 0 radical (unpaired) electrons. The Bertz CT molecular complexity index is 542. The van der Waals surface area contributed by atoms with E-state index in [0.717, 1.165) is 24.0 Å². The van der Waals surface area contributed by atoms with Crippen LogP contribution in [0.2, 0.25) is 0 Å². The van der Waals surface area contributed by atoms with Crippen molar-refractivity contribution in [2.75, 3.05) is 12.3 Å². The average molecular weight is 290 g/mol. The highest BCUT2D eigenvalue weighted by Gasteiger charge is 2.35. The Morgan fingerprint density at radius 3 is 2.85 bits per heavy atom. The summed E-state index contributed by atoms with van der Waals surface area (Å²) in [6, 6.07) is 8.39. The van der Waals surface area contributed by atoms with E-state index in [0.29, 0.717) is 11.8 Å². The zero-order chi connectivity index (χ0) is 14.1.